The number of phenols is 1. The van der Waals surface area contributed by atoms with Gasteiger partial charge in [0.05, 0.1) is 17.1 Å². The van der Waals surface area contributed by atoms with E-state index in [-0.39, 0.29) is 5.75 Å². The molecule has 0 atom stereocenters. The molecule has 0 radical (unpaired) electrons. The van der Waals surface area contributed by atoms with Crippen LogP contribution in [-0.4, -0.2) is 23.4 Å². The molecule has 8 heteroatoms. The number of nitrogens with zero attached hydrogens (tertiary/aromatic N) is 2. The van der Waals surface area contributed by atoms with Crippen molar-refractivity contribution in [3.05, 3.63) is 41.8 Å². The van der Waals surface area contributed by atoms with Gasteiger partial charge in [0.1, 0.15) is 0 Å². The van der Waals surface area contributed by atoms with E-state index in [1.165, 1.54) is 13.3 Å². The van der Waals surface area contributed by atoms with Gasteiger partial charge in [-0.3, -0.25) is 0 Å². The van der Waals surface area contributed by atoms with Crippen LogP contribution >= 0.6 is 63.7 Å². The maximum Gasteiger partial charge on any atom is 0.167 e. The summed E-state index contributed by atoms with van der Waals surface area (Å²) in [7, 11) is 1.49. The molecular weight excluding hydrogens is 536 g/mol. The summed E-state index contributed by atoms with van der Waals surface area (Å²) in [5.41, 5.74) is 0.498. The lowest BCUT2D eigenvalue weighted by atomic mass is 10.2. The Morgan fingerprint density at radius 3 is 2.52 bits per heavy atom. The van der Waals surface area contributed by atoms with Gasteiger partial charge in [-0.05, 0) is 75.9 Å². The molecule has 0 aliphatic rings. The summed E-state index contributed by atoms with van der Waals surface area (Å²) in [6, 6.07) is 3.51. The van der Waals surface area contributed by atoms with Crippen molar-refractivity contribution >= 4 is 75.8 Å². The van der Waals surface area contributed by atoms with E-state index in [0.29, 0.717) is 21.6 Å². The van der Waals surface area contributed by atoms with Crippen molar-refractivity contribution in [2.75, 3.05) is 7.11 Å². The minimum absolute atomic E-state index is 0.00422. The molecule has 21 heavy (non-hydrogen) atoms. The zero-order valence-corrected chi connectivity index (χ0v) is 16.9. The van der Waals surface area contributed by atoms with Gasteiger partial charge in [0.25, 0.3) is 0 Å². The first-order valence-electron chi connectivity index (χ1n) is 5.54. The van der Waals surface area contributed by atoms with Gasteiger partial charge in [-0.1, -0.05) is 0 Å². The zero-order valence-electron chi connectivity index (χ0n) is 10.6. The van der Waals surface area contributed by atoms with Gasteiger partial charge < -0.3 is 9.84 Å². The molecule has 1 heterocycles. The number of aromatic hydroxyl groups is 1. The topological polar surface area (TPSA) is 54.7 Å². The summed E-state index contributed by atoms with van der Waals surface area (Å²) in [6.07, 6.45) is 3.17. The van der Waals surface area contributed by atoms with Gasteiger partial charge in [0, 0.05) is 25.8 Å². The Hall–Kier alpha value is -0.440. The highest BCUT2D eigenvalue weighted by Gasteiger charge is 2.14. The maximum absolute atomic E-state index is 10.2. The lowest BCUT2D eigenvalue weighted by molar-refractivity contribution is 0.372. The zero-order chi connectivity index (χ0) is 15.6. The van der Waals surface area contributed by atoms with Crippen LogP contribution in [0.25, 0.3) is 0 Å². The molecule has 1 N–H and O–H groups in total. The average Bonchev–Trinajstić information content (AvgIpc) is 2.44. The Kier molecular flexibility index (Phi) is 5.81. The van der Waals surface area contributed by atoms with Crippen molar-refractivity contribution < 1.29 is 9.84 Å². The first-order valence-corrected chi connectivity index (χ1v) is 8.71. The molecule has 0 aliphatic carbocycles. The molecule has 0 aliphatic heterocycles. The normalized spacial score (nSPS) is 11.1. The smallest absolute Gasteiger partial charge is 0.167 e. The number of aromatic nitrogens is 1. The highest BCUT2D eigenvalue weighted by Crippen LogP contribution is 2.39. The number of halogens is 4. The third-order valence-corrected chi connectivity index (χ3v) is 5.55. The Morgan fingerprint density at radius 1 is 1.19 bits per heavy atom. The van der Waals surface area contributed by atoms with Crippen LogP contribution in [0.1, 0.15) is 5.56 Å². The van der Waals surface area contributed by atoms with Crippen LogP contribution < -0.4 is 4.74 Å². The van der Waals surface area contributed by atoms with Crippen molar-refractivity contribution in [2.24, 2.45) is 4.99 Å². The van der Waals surface area contributed by atoms with E-state index in [9.17, 15) is 5.11 Å². The van der Waals surface area contributed by atoms with E-state index in [2.05, 4.69) is 73.7 Å². The third-order valence-electron chi connectivity index (χ3n) is 2.52. The molecule has 0 bridgehead atoms. The molecule has 0 spiro atoms. The van der Waals surface area contributed by atoms with Crippen molar-refractivity contribution in [1.29, 1.82) is 0 Å². The van der Waals surface area contributed by atoms with Crippen LogP contribution in [0.15, 0.2) is 41.2 Å². The van der Waals surface area contributed by atoms with Gasteiger partial charge >= 0.3 is 0 Å². The Labute approximate surface area is 155 Å². The number of aliphatic imine (C=N–C) groups is 1. The third kappa shape index (κ3) is 3.85. The Balaban J connectivity index is 2.48. The first kappa shape index (κ1) is 16.9. The Morgan fingerprint density at radius 2 is 1.90 bits per heavy atom. The molecule has 0 amide bonds. The van der Waals surface area contributed by atoms with E-state index in [4.69, 9.17) is 4.74 Å². The van der Waals surface area contributed by atoms with Crippen LogP contribution in [-0.2, 0) is 0 Å². The van der Waals surface area contributed by atoms with Crippen LogP contribution in [0.2, 0.25) is 0 Å². The second-order valence-electron chi connectivity index (χ2n) is 3.85. The highest BCUT2D eigenvalue weighted by atomic mass is 79.9. The van der Waals surface area contributed by atoms with Crippen LogP contribution in [0.5, 0.6) is 11.5 Å². The minimum atomic E-state index is 0.00422. The summed E-state index contributed by atoms with van der Waals surface area (Å²) < 4.78 is 8.14. The van der Waals surface area contributed by atoms with E-state index in [1.54, 1.807) is 12.3 Å². The predicted octanol–water partition coefficient (Wildman–Crippen LogP) is 5.60. The second kappa shape index (κ2) is 7.21. The average molecular weight is 544 g/mol. The predicted molar refractivity (Wildman–Crippen MR) is 96.9 cm³/mol. The molecule has 2 rings (SSSR count). The molecule has 110 valence electrons. The number of methoxy groups -OCH3 is 1. The van der Waals surface area contributed by atoms with Crippen LogP contribution in [0, 0.1) is 0 Å². The number of hydrogen-bond donors (Lipinski definition) is 1. The van der Waals surface area contributed by atoms with E-state index in [1.807, 2.05) is 6.07 Å². The van der Waals surface area contributed by atoms with Gasteiger partial charge in [0.2, 0.25) is 0 Å². The van der Waals surface area contributed by atoms with Crippen molar-refractivity contribution in [1.82, 2.24) is 4.98 Å². The quantitative estimate of drug-likeness (QED) is 0.513. The van der Waals surface area contributed by atoms with Crippen molar-refractivity contribution in [2.45, 2.75) is 0 Å². The lowest BCUT2D eigenvalue weighted by Gasteiger charge is -2.09. The summed E-state index contributed by atoms with van der Waals surface area (Å²) in [5, 5.41) is 10.2. The summed E-state index contributed by atoms with van der Waals surface area (Å²) in [4.78, 5) is 8.47. The molecule has 0 saturated carbocycles. The van der Waals surface area contributed by atoms with E-state index in [0.717, 1.165) is 13.4 Å². The molecular formula is C13H8Br4N2O2. The maximum atomic E-state index is 10.2. The van der Waals surface area contributed by atoms with E-state index < -0.39 is 0 Å². The number of phenolic OH excluding ortho intramolecular Hbond substituents is 1. The monoisotopic (exact) mass is 540 g/mol. The fourth-order valence-electron chi connectivity index (χ4n) is 1.51. The lowest BCUT2D eigenvalue weighted by Crippen LogP contribution is -1.92. The molecule has 0 unspecified atom stereocenters. The number of ether oxygens (including phenoxy) is 1. The number of hydrogen-bond acceptors (Lipinski definition) is 4. The SMILES string of the molecule is COc1cc(Br)c(Br)c(/C=N/c2ncc(Br)cc2Br)c1O. The number of benzene rings is 1. The summed E-state index contributed by atoms with van der Waals surface area (Å²) >= 11 is 13.5. The largest absolute Gasteiger partial charge is 0.504 e. The van der Waals surface area contributed by atoms with Crippen LogP contribution in [0.3, 0.4) is 0 Å². The standard InChI is InChI=1S/C13H8Br4N2O2/c1-21-10-3-8(15)11(17)7(12(10)20)5-19-13-9(16)2-6(14)4-18-13/h2-5,20H,1H3/b19-5+. The van der Waals surface area contributed by atoms with Gasteiger partial charge in [-0.2, -0.15) is 0 Å². The second-order valence-corrected chi connectivity index (χ2v) is 7.27. The molecule has 0 saturated heterocycles. The fraction of sp³-hybridized carbons (Fsp3) is 0.0769. The molecule has 1 aromatic heterocycles. The first-order chi connectivity index (χ1) is 9.93. The number of rotatable bonds is 3. The minimum Gasteiger partial charge on any atom is -0.504 e. The van der Waals surface area contributed by atoms with E-state index >= 15 is 0 Å². The van der Waals surface area contributed by atoms with Crippen molar-refractivity contribution in [3.8, 4) is 11.5 Å². The number of pyridine rings is 1. The van der Waals surface area contributed by atoms with Gasteiger partial charge in [0.15, 0.2) is 17.3 Å². The van der Waals surface area contributed by atoms with Gasteiger partial charge in [-0.25, -0.2) is 9.98 Å². The summed E-state index contributed by atoms with van der Waals surface area (Å²) in [5.74, 6) is 0.863. The molecule has 4 nitrogen and oxygen atoms in total. The molecule has 0 fully saturated rings. The molecule has 1 aromatic carbocycles. The molecule has 2 aromatic rings. The van der Waals surface area contributed by atoms with Crippen molar-refractivity contribution in [3.63, 3.8) is 0 Å². The Bertz CT molecular complexity index is 720. The summed E-state index contributed by atoms with van der Waals surface area (Å²) in [6.45, 7) is 0. The fourth-order valence-corrected chi connectivity index (χ4v) is 3.43. The van der Waals surface area contributed by atoms with Gasteiger partial charge in [-0.15, -0.1) is 0 Å². The highest BCUT2D eigenvalue weighted by molar-refractivity contribution is 9.13. The van der Waals surface area contributed by atoms with Crippen LogP contribution in [0.4, 0.5) is 5.82 Å².